The molecule has 78 valence electrons. The largest absolute Gasteiger partial charge is 0.466 e. The van der Waals surface area contributed by atoms with E-state index < -0.39 is 5.97 Å². The molecule has 2 nitrogen and oxygen atoms in total. The zero-order chi connectivity index (χ0) is 11.1. The van der Waals surface area contributed by atoms with Crippen molar-refractivity contribution < 1.29 is 13.9 Å². The van der Waals surface area contributed by atoms with Crippen molar-refractivity contribution >= 4 is 12.0 Å². The number of rotatable bonds is 3. The minimum Gasteiger partial charge on any atom is -0.466 e. The molecule has 0 aromatic heterocycles. The van der Waals surface area contributed by atoms with E-state index in [1.165, 1.54) is 25.3 Å². The fourth-order valence-corrected chi connectivity index (χ4v) is 0.972. The molecular formula is C12H11FO2. The second kappa shape index (κ2) is 5.75. The van der Waals surface area contributed by atoms with E-state index in [0.29, 0.717) is 5.56 Å². The first-order chi connectivity index (χ1) is 7.24. The van der Waals surface area contributed by atoms with Gasteiger partial charge >= 0.3 is 5.97 Å². The molecule has 0 amide bonds. The van der Waals surface area contributed by atoms with Crippen molar-refractivity contribution in [2.45, 2.75) is 0 Å². The summed E-state index contributed by atoms with van der Waals surface area (Å²) in [6, 6.07) is 6.39. The summed E-state index contributed by atoms with van der Waals surface area (Å²) < 4.78 is 17.5. The van der Waals surface area contributed by atoms with Crippen LogP contribution in [0.1, 0.15) is 5.56 Å². The molecule has 1 rings (SSSR count). The van der Waals surface area contributed by atoms with Crippen LogP contribution >= 0.6 is 0 Å². The summed E-state index contributed by atoms with van der Waals surface area (Å²) in [5, 5.41) is 0. The van der Waals surface area contributed by atoms with Crippen molar-refractivity contribution in [3.8, 4) is 0 Å². The minimum atomic E-state index is -0.437. The maximum absolute atomic E-state index is 13.1. The van der Waals surface area contributed by atoms with Crippen LogP contribution in [0.3, 0.4) is 0 Å². The van der Waals surface area contributed by atoms with Gasteiger partial charge in [-0.15, -0.1) is 0 Å². The molecular weight excluding hydrogens is 195 g/mol. The van der Waals surface area contributed by atoms with E-state index >= 15 is 0 Å². The van der Waals surface area contributed by atoms with Crippen LogP contribution in [0.25, 0.3) is 6.08 Å². The summed E-state index contributed by atoms with van der Waals surface area (Å²) in [6.07, 6.45) is 5.92. The maximum atomic E-state index is 13.1. The van der Waals surface area contributed by atoms with E-state index in [1.54, 1.807) is 30.4 Å². The number of hydrogen-bond donors (Lipinski definition) is 0. The van der Waals surface area contributed by atoms with Gasteiger partial charge in [0.1, 0.15) is 5.82 Å². The average Bonchev–Trinajstić information content (AvgIpc) is 2.26. The normalized spacial score (nSPS) is 11.1. The predicted octanol–water partition coefficient (Wildman–Crippen LogP) is 2.57. The van der Waals surface area contributed by atoms with Gasteiger partial charge in [0.05, 0.1) is 7.11 Å². The number of carbonyl (C=O) groups excluding carboxylic acids is 1. The third kappa shape index (κ3) is 3.77. The van der Waals surface area contributed by atoms with Crippen molar-refractivity contribution in [1.29, 1.82) is 0 Å². The van der Waals surface area contributed by atoms with Crippen LogP contribution in [0.2, 0.25) is 0 Å². The van der Waals surface area contributed by atoms with Gasteiger partial charge < -0.3 is 4.74 Å². The number of halogens is 1. The molecule has 1 aromatic rings. The molecule has 3 heteroatoms. The van der Waals surface area contributed by atoms with E-state index in [-0.39, 0.29) is 5.82 Å². The highest BCUT2D eigenvalue weighted by Crippen LogP contribution is 2.07. The first-order valence-corrected chi connectivity index (χ1v) is 4.41. The lowest BCUT2D eigenvalue weighted by molar-refractivity contribution is -0.134. The number of hydrogen-bond acceptors (Lipinski definition) is 2. The standard InChI is InChI=1S/C12H11FO2/c1-15-12(14)9-5-3-7-10-6-2-4-8-11(10)13/h2-9H,1H3/b7-3+,9-5-. The second-order valence-electron chi connectivity index (χ2n) is 2.76. The van der Waals surface area contributed by atoms with Crippen LogP contribution in [-0.2, 0) is 9.53 Å². The van der Waals surface area contributed by atoms with Crippen molar-refractivity contribution in [1.82, 2.24) is 0 Å². The molecule has 0 saturated heterocycles. The Hall–Kier alpha value is -1.90. The number of methoxy groups -OCH3 is 1. The third-order valence-corrected chi connectivity index (χ3v) is 1.73. The molecule has 0 fully saturated rings. The molecule has 0 spiro atoms. The van der Waals surface area contributed by atoms with Gasteiger partial charge in [-0.05, 0) is 6.07 Å². The van der Waals surface area contributed by atoms with Crippen LogP contribution in [0.5, 0.6) is 0 Å². The summed E-state index contributed by atoms with van der Waals surface area (Å²) in [7, 11) is 1.30. The van der Waals surface area contributed by atoms with Crippen LogP contribution in [-0.4, -0.2) is 13.1 Å². The third-order valence-electron chi connectivity index (χ3n) is 1.73. The number of benzene rings is 1. The molecule has 0 aliphatic rings. The molecule has 0 atom stereocenters. The molecule has 0 saturated carbocycles. The number of allylic oxidation sites excluding steroid dienone is 2. The number of esters is 1. The molecule has 15 heavy (non-hydrogen) atoms. The van der Waals surface area contributed by atoms with Gasteiger partial charge in [-0.25, -0.2) is 9.18 Å². The van der Waals surface area contributed by atoms with Gasteiger partial charge in [-0.3, -0.25) is 0 Å². The smallest absolute Gasteiger partial charge is 0.330 e. The molecule has 0 aliphatic carbocycles. The highest BCUT2D eigenvalue weighted by molar-refractivity contribution is 5.82. The van der Waals surface area contributed by atoms with E-state index in [0.717, 1.165) is 0 Å². The molecule has 0 N–H and O–H groups in total. The topological polar surface area (TPSA) is 26.3 Å². The monoisotopic (exact) mass is 206 g/mol. The Morgan fingerprint density at radius 2 is 2.07 bits per heavy atom. The van der Waals surface area contributed by atoms with Crippen molar-refractivity contribution in [3.05, 3.63) is 53.9 Å². The second-order valence-corrected chi connectivity index (χ2v) is 2.76. The van der Waals surface area contributed by atoms with E-state index in [1.807, 2.05) is 0 Å². The Morgan fingerprint density at radius 1 is 1.33 bits per heavy atom. The van der Waals surface area contributed by atoms with Gasteiger partial charge in [0, 0.05) is 11.6 Å². The van der Waals surface area contributed by atoms with Crippen molar-refractivity contribution in [3.63, 3.8) is 0 Å². The lowest BCUT2D eigenvalue weighted by atomic mass is 10.2. The SMILES string of the molecule is COC(=O)/C=C\C=C\c1ccccc1F. The summed E-state index contributed by atoms with van der Waals surface area (Å²) in [4.78, 5) is 10.7. The Balaban J connectivity index is 2.63. The quantitative estimate of drug-likeness (QED) is 0.431. The molecule has 0 unspecified atom stereocenters. The Labute approximate surface area is 87.7 Å². The van der Waals surface area contributed by atoms with Crippen LogP contribution < -0.4 is 0 Å². The number of ether oxygens (including phenoxy) is 1. The lowest BCUT2D eigenvalue weighted by Gasteiger charge is -1.93. The maximum Gasteiger partial charge on any atom is 0.330 e. The minimum absolute atomic E-state index is 0.291. The Morgan fingerprint density at radius 3 is 2.73 bits per heavy atom. The first-order valence-electron chi connectivity index (χ1n) is 4.41. The van der Waals surface area contributed by atoms with E-state index in [9.17, 15) is 9.18 Å². The Kier molecular flexibility index (Phi) is 4.29. The fourth-order valence-electron chi connectivity index (χ4n) is 0.972. The molecule has 1 aromatic carbocycles. The molecule has 0 heterocycles. The predicted molar refractivity (Wildman–Crippen MR) is 56.6 cm³/mol. The van der Waals surface area contributed by atoms with Crippen LogP contribution in [0.4, 0.5) is 4.39 Å². The summed E-state index contributed by atoms with van der Waals surface area (Å²) in [5.74, 6) is -0.728. The lowest BCUT2D eigenvalue weighted by Crippen LogP contribution is -1.92. The van der Waals surface area contributed by atoms with E-state index in [2.05, 4.69) is 4.74 Å². The van der Waals surface area contributed by atoms with Gasteiger partial charge in [-0.2, -0.15) is 0 Å². The zero-order valence-corrected chi connectivity index (χ0v) is 8.31. The molecule has 0 bridgehead atoms. The zero-order valence-electron chi connectivity index (χ0n) is 8.31. The highest BCUT2D eigenvalue weighted by Gasteiger charge is 1.93. The molecule has 0 aliphatic heterocycles. The molecule has 0 radical (unpaired) electrons. The van der Waals surface area contributed by atoms with Gasteiger partial charge in [0.15, 0.2) is 0 Å². The van der Waals surface area contributed by atoms with Crippen LogP contribution in [0, 0.1) is 5.82 Å². The highest BCUT2D eigenvalue weighted by atomic mass is 19.1. The van der Waals surface area contributed by atoms with Gasteiger partial charge in [0.2, 0.25) is 0 Å². The van der Waals surface area contributed by atoms with E-state index in [4.69, 9.17) is 0 Å². The van der Waals surface area contributed by atoms with Crippen molar-refractivity contribution in [2.24, 2.45) is 0 Å². The summed E-state index contributed by atoms with van der Waals surface area (Å²) in [5.41, 5.74) is 0.479. The summed E-state index contributed by atoms with van der Waals surface area (Å²) in [6.45, 7) is 0. The number of carbonyl (C=O) groups is 1. The average molecular weight is 206 g/mol. The summed E-state index contributed by atoms with van der Waals surface area (Å²) >= 11 is 0. The fraction of sp³-hybridized carbons (Fsp3) is 0.0833. The van der Waals surface area contributed by atoms with Crippen LogP contribution in [0.15, 0.2) is 42.5 Å². The van der Waals surface area contributed by atoms with Gasteiger partial charge in [0.25, 0.3) is 0 Å². The Bertz CT molecular complexity index is 394. The first kappa shape index (κ1) is 11.2. The van der Waals surface area contributed by atoms with Crippen molar-refractivity contribution in [2.75, 3.05) is 7.11 Å². The van der Waals surface area contributed by atoms with Gasteiger partial charge in [-0.1, -0.05) is 36.4 Å².